The minimum Gasteiger partial charge on any atom is -0.465 e. The number of hydrogen-bond donors (Lipinski definition) is 2. The number of rotatable bonds is 5. The van der Waals surface area contributed by atoms with Gasteiger partial charge in [-0.15, -0.1) is 0 Å². The number of ether oxygens (including phenoxy) is 1. The molecule has 3 N–H and O–H groups in total. The minimum atomic E-state index is -0.481. The number of nitrogens with two attached hydrogens (primary N) is 1. The van der Waals surface area contributed by atoms with Crippen molar-refractivity contribution < 1.29 is 14.3 Å². The fourth-order valence-corrected chi connectivity index (χ4v) is 2.20. The third-order valence-corrected chi connectivity index (χ3v) is 3.40. The van der Waals surface area contributed by atoms with Crippen LogP contribution >= 0.6 is 11.6 Å². The van der Waals surface area contributed by atoms with E-state index in [1.807, 2.05) is 6.07 Å². The highest BCUT2D eigenvalue weighted by atomic mass is 35.5. The number of esters is 1. The average molecular weight is 319 g/mol. The van der Waals surface area contributed by atoms with Crippen molar-refractivity contribution in [3.05, 3.63) is 64.2 Å². The predicted molar refractivity (Wildman–Crippen MR) is 85.1 cm³/mol. The smallest absolute Gasteiger partial charge is 0.339 e. The van der Waals surface area contributed by atoms with Crippen molar-refractivity contribution >= 4 is 29.2 Å². The van der Waals surface area contributed by atoms with Crippen LogP contribution in [0.15, 0.2) is 42.5 Å². The molecule has 2 aromatic rings. The van der Waals surface area contributed by atoms with Crippen molar-refractivity contribution in [2.24, 2.45) is 5.73 Å². The maximum absolute atomic E-state index is 11.5. The summed E-state index contributed by atoms with van der Waals surface area (Å²) in [4.78, 5) is 22.6. The molecule has 0 aliphatic carbocycles. The molecule has 114 valence electrons. The summed E-state index contributed by atoms with van der Waals surface area (Å²) in [6.07, 6.45) is 0. The first kappa shape index (κ1) is 15.9. The number of methoxy groups -OCH3 is 1. The molecule has 0 fully saturated rings. The highest BCUT2D eigenvalue weighted by molar-refractivity contribution is 6.33. The lowest BCUT2D eigenvalue weighted by molar-refractivity contribution is 0.0601. The van der Waals surface area contributed by atoms with Gasteiger partial charge in [-0.3, -0.25) is 4.79 Å². The SMILES string of the molecule is COC(=O)c1ccc(NCc2cccc(C(N)=O)c2)cc1Cl. The van der Waals surface area contributed by atoms with Crippen LogP contribution in [0, 0.1) is 0 Å². The zero-order valence-electron chi connectivity index (χ0n) is 11.9. The lowest BCUT2D eigenvalue weighted by Gasteiger charge is -2.09. The van der Waals surface area contributed by atoms with Crippen LogP contribution in [0.5, 0.6) is 0 Å². The zero-order valence-corrected chi connectivity index (χ0v) is 12.7. The Balaban J connectivity index is 2.09. The number of hydrogen-bond acceptors (Lipinski definition) is 4. The molecule has 0 spiro atoms. The van der Waals surface area contributed by atoms with Gasteiger partial charge in [0.15, 0.2) is 0 Å². The van der Waals surface area contributed by atoms with E-state index in [1.54, 1.807) is 36.4 Å². The van der Waals surface area contributed by atoms with Crippen molar-refractivity contribution in [1.82, 2.24) is 0 Å². The summed E-state index contributed by atoms with van der Waals surface area (Å²) in [7, 11) is 1.30. The number of primary amides is 1. The van der Waals surface area contributed by atoms with E-state index >= 15 is 0 Å². The second kappa shape index (κ2) is 6.95. The molecular weight excluding hydrogens is 304 g/mol. The molecule has 0 radical (unpaired) electrons. The molecule has 0 aromatic heterocycles. The molecule has 0 atom stereocenters. The molecule has 0 saturated heterocycles. The van der Waals surface area contributed by atoms with Crippen molar-refractivity contribution in [1.29, 1.82) is 0 Å². The van der Waals surface area contributed by atoms with E-state index in [0.717, 1.165) is 11.3 Å². The average Bonchev–Trinajstić information content (AvgIpc) is 2.52. The van der Waals surface area contributed by atoms with Gasteiger partial charge in [0.25, 0.3) is 0 Å². The third-order valence-electron chi connectivity index (χ3n) is 3.08. The molecule has 6 heteroatoms. The van der Waals surface area contributed by atoms with E-state index in [0.29, 0.717) is 22.7 Å². The first-order valence-corrected chi connectivity index (χ1v) is 6.89. The molecule has 22 heavy (non-hydrogen) atoms. The minimum absolute atomic E-state index is 0.308. The molecular formula is C16H15ClN2O3. The fourth-order valence-electron chi connectivity index (χ4n) is 1.94. The first-order chi connectivity index (χ1) is 10.5. The number of halogens is 1. The topological polar surface area (TPSA) is 81.4 Å². The Bertz CT molecular complexity index is 716. The van der Waals surface area contributed by atoms with Crippen LogP contribution < -0.4 is 11.1 Å². The molecule has 0 bridgehead atoms. The van der Waals surface area contributed by atoms with Crippen molar-refractivity contribution in [3.63, 3.8) is 0 Å². The van der Waals surface area contributed by atoms with Gasteiger partial charge in [-0.1, -0.05) is 23.7 Å². The van der Waals surface area contributed by atoms with E-state index in [9.17, 15) is 9.59 Å². The summed E-state index contributed by atoms with van der Waals surface area (Å²) < 4.78 is 4.63. The van der Waals surface area contributed by atoms with Gasteiger partial charge >= 0.3 is 5.97 Å². The number of amides is 1. The lowest BCUT2D eigenvalue weighted by atomic mass is 10.1. The Morgan fingerprint density at radius 2 is 2.00 bits per heavy atom. The molecule has 0 saturated carbocycles. The third kappa shape index (κ3) is 3.77. The zero-order chi connectivity index (χ0) is 16.1. The number of anilines is 1. The maximum Gasteiger partial charge on any atom is 0.339 e. The summed E-state index contributed by atoms with van der Waals surface area (Å²) in [5.74, 6) is -0.946. The lowest BCUT2D eigenvalue weighted by Crippen LogP contribution is -2.11. The van der Waals surface area contributed by atoms with Gasteiger partial charge in [-0.05, 0) is 35.9 Å². The Morgan fingerprint density at radius 3 is 2.64 bits per heavy atom. The highest BCUT2D eigenvalue weighted by Gasteiger charge is 2.10. The molecule has 0 aliphatic heterocycles. The van der Waals surface area contributed by atoms with Crippen LogP contribution in [0.3, 0.4) is 0 Å². The Kier molecular flexibility index (Phi) is 5.01. The van der Waals surface area contributed by atoms with Gasteiger partial charge in [-0.2, -0.15) is 0 Å². The second-order valence-electron chi connectivity index (χ2n) is 4.60. The van der Waals surface area contributed by atoms with E-state index in [1.165, 1.54) is 7.11 Å². The van der Waals surface area contributed by atoms with Crippen LogP contribution in [-0.2, 0) is 11.3 Å². The van der Waals surface area contributed by atoms with Gasteiger partial charge in [-0.25, -0.2) is 4.79 Å². The summed E-state index contributed by atoms with van der Waals surface area (Å²) in [5, 5.41) is 3.47. The molecule has 2 rings (SSSR count). The van der Waals surface area contributed by atoms with Gasteiger partial charge in [0.1, 0.15) is 0 Å². The predicted octanol–water partition coefficient (Wildman–Crippen LogP) is 2.84. The highest BCUT2D eigenvalue weighted by Crippen LogP contribution is 2.22. The number of nitrogens with one attached hydrogen (secondary N) is 1. The van der Waals surface area contributed by atoms with Crippen LogP contribution in [0.2, 0.25) is 5.02 Å². The molecule has 0 heterocycles. The van der Waals surface area contributed by atoms with Crippen molar-refractivity contribution in [2.45, 2.75) is 6.54 Å². The molecule has 1 amide bonds. The normalized spacial score (nSPS) is 10.1. The van der Waals surface area contributed by atoms with Gasteiger partial charge in [0.05, 0.1) is 17.7 Å². The Morgan fingerprint density at radius 1 is 1.23 bits per heavy atom. The van der Waals surface area contributed by atoms with E-state index in [2.05, 4.69) is 10.1 Å². The molecule has 2 aromatic carbocycles. The summed E-state index contributed by atoms with van der Waals surface area (Å²) in [5.41, 5.74) is 7.67. The summed E-state index contributed by atoms with van der Waals surface area (Å²) in [6, 6.07) is 12.0. The summed E-state index contributed by atoms with van der Waals surface area (Å²) in [6.45, 7) is 0.495. The van der Waals surface area contributed by atoms with Crippen LogP contribution in [0.25, 0.3) is 0 Å². The van der Waals surface area contributed by atoms with Crippen molar-refractivity contribution in [3.8, 4) is 0 Å². The van der Waals surface area contributed by atoms with E-state index < -0.39 is 11.9 Å². The first-order valence-electron chi connectivity index (χ1n) is 6.51. The quantitative estimate of drug-likeness (QED) is 0.831. The van der Waals surface area contributed by atoms with E-state index in [-0.39, 0.29) is 0 Å². The summed E-state index contributed by atoms with van der Waals surface area (Å²) >= 11 is 6.05. The van der Waals surface area contributed by atoms with Crippen molar-refractivity contribution in [2.75, 3.05) is 12.4 Å². The molecule has 0 unspecified atom stereocenters. The van der Waals surface area contributed by atoms with E-state index in [4.69, 9.17) is 17.3 Å². The standard InChI is InChI=1S/C16H15ClN2O3/c1-22-16(21)13-6-5-12(8-14(13)17)19-9-10-3-2-4-11(7-10)15(18)20/h2-8,19H,9H2,1H3,(H2,18,20). The van der Waals surface area contributed by atoms with Crippen LogP contribution in [-0.4, -0.2) is 19.0 Å². The number of carbonyl (C=O) groups is 2. The van der Waals surface area contributed by atoms with Gasteiger partial charge < -0.3 is 15.8 Å². The largest absolute Gasteiger partial charge is 0.465 e. The second-order valence-corrected chi connectivity index (χ2v) is 5.01. The van der Waals surface area contributed by atoms with Crippen LogP contribution in [0.4, 0.5) is 5.69 Å². The number of carbonyl (C=O) groups excluding carboxylic acids is 2. The monoisotopic (exact) mass is 318 g/mol. The van der Waals surface area contributed by atoms with Crippen LogP contribution in [0.1, 0.15) is 26.3 Å². The Hall–Kier alpha value is -2.53. The van der Waals surface area contributed by atoms with Gasteiger partial charge in [0.2, 0.25) is 5.91 Å². The molecule has 5 nitrogen and oxygen atoms in total. The maximum atomic E-state index is 11.5. The Labute approximate surface area is 133 Å². The fraction of sp³-hybridized carbons (Fsp3) is 0.125. The molecule has 0 aliphatic rings. The van der Waals surface area contributed by atoms with Gasteiger partial charge in [0, 0.05) is 17.8 Å². The number of benzene rings is 2.